The smallest absolute Gasteiger partial charge is 0.337 e. The zero-order valence-electron chi connectivity index (χ0n) is 15.4. The first kappa shape index (κ1) is 20.0. The third kappa shape index (κ3) is 3.53. The fourth-order valence-electron chi connectivity index (χ4n) is 2.89. The Hall–Kier alpha value is -2.71. The Morgan fingerprint density at radius 2 is 2.11 bits per heavy atom. The number of aromatic carboxylic acids is 1. The Balaban J connectivity index is 2.05. The molecule has 1 unspecified atom stereocenters. The third-order valence-electron chi connectivity index (χ3n) is 4.47. The maximum Gasteiger partial charge on any atom is 0.337 e. The van der Waals surface area contributed by atoms with E-state index in [2.05, 4.69) is 10.3 Å². The van der Waals surface area contributed by atoms with E-state index in [1.54, 1.807) is 25.1 Å². The number of anilines is 1. The van der Waals surface area contributed by atoms with Crippen LogP contribution in [0.2, 0.25) is 5.02 Å². The van der Waals surface area contributed by atoms with Gasteiger partial charge in [-0.15, -0.1) is 11.3 Å². The summed E-state index contributed by atoms with van der Waals surface area (Å²) in [4.78, 5) is 42.0. The molecule has 2 heterocycles. The van der Waals surface area contributed by atoms with Gasteiger partial charge < -0.3 is 10.4 Å². The Morgan fingerprint density at radius 3 is 2.71 bits per heavy atom. The van der Waals surface area contributed by atoms with E-state index < -0.39 is 23.5 Å². The van der Waals surface area contributed by atoms with Gasteiger partial charge in [0, 0.05) is 22.5 Å². The van der Waals surface area contributed by atoms with Crippen LogP contribution in [0.25, 0.3) is 10.2 Å². The quantitative estimate of drug-likeness (QED) is 0.653. The fourth-order valence-corrected chi connectivity index (χ4v) is 3.99. The van der Waals surface area contributed by atoms with Gasteiger partial charge in [0.1, 0.15) is 16.7 Å². The molecule has 0 spiro atoms. The molecule has 146 valence electrons. The van der Waals surface area contributed by atoms with Gasteiger partial charge in [0.15, 0.2) is 0 Å². The van der Waals surface area contributed by atoms with E-state index >= 15 is 0 Å². The number of carbonyl (C=O) groups is 2. The average Bonchev–Trinajstić information content (AvgIpc) is 3.08. The summed E-state index contributed by atoms with van der Waals surface area (Å²) in [5, 5.41) is 14.0. The number of carboxylic acid groups (broad SMARTS) is 1. The summed E-state index contributed by atoms with van der Waals surface area (Å²) in [7, 11) is 0. The highest BCUT2D eigenvalue weighted by molar-refractivity contribution is 7.17. The lowest BCUT2D eigenvalue weighted by Gasteiger charge is -2.18. The Bertz CT molecular complexity index is 1150. The zero-order chi connectivity index (χ0) is 20.6. The summed E-state index contributed by atoms with van der Waals surface area (Å²) in [6.07, 6.45) is 0.416. The van der Waals surface area contributed by atoms with Crippen LogP contribution in [0.4, 0.5) is 5.69 Å². The summed E-state index contributed by atoms with van der Waals surface area (Å²) >= 11 is 7.20. The number of hydrogen-bond donors (Lipinski definition) is 2. The van der Waals surface area contributed by atoms with Crippen LogP contribution >= 0.6 is 22.9 Å². The van der Waals surface area contributed by atoms with Crippen molar-refractivity contribution in [3.8, 4) is 0 Å². The molecule has 0 bridgehead atoms. The van der Waals surface area contributed by atoms with Gasteiger partial charge in [0.2, 0.25) is 5.91 Å². The van der Waals surface area contributed by atoms with Crippen molar-refractivity contribution in [2.24, 2.45) is 0 Å². The first-order valence-corrected chi connectivity index (χ1v) is 9.83. The van der Waals surface area contributed by atoms with E-state index in [-0.39, 0.29) is 10.9 Å². The molecule has 3 rings (SSSR count). The molecule has 0 aliphatic rings. The molecule has 9 heteroatoms. The predicted octanol–water partition coefficient (Wildman–Crippen LogP) is 3.88. The van der Waals surface area contributed by atoms with Crippen LogP contribution in [-0.2, 0) is 11.2 Å². The van der Waals surface area contributed by atoms with Crippen LogP contribution in [-0.4, -0.2) is 26.5 Å². The fraction of sp³-hybridized carbons (Fsp3) is 0.263. The minimum atomic E-state index is -1.20. The number of nitrogens with one attached hydrogen (secondary N) is 1. The lowest BCUT2D eigenvalue weighted by Crippen LogP contribution is -2.34. The second kappa shape index (κ2) is 7.73. The molecule has 0 radical (unpaired) electrons. The van der Waals surface area contributed by atoms with Crippen LogP contribution in [0.5, 0.6) is 0 Å². The Morgan fingerprint density at radius 1 is 1.39 bits per heavy atom. The lowest BCUT2D eigenvalue weighted by atomic mass is 10.2. The van der Waals surface area contributed by atoms with Crippen molar-refractivity contribution >= 4 is 50.7 Å². The number of thiophene rings is 1. The van der Waals surface area contributed by atoms with Crippen LogP contribution in [0.3, 0.4) is 0 Å². The highest BCUT2D eigenvalue weighted by Crippen LogP contribution is 2.24. The topological polar surface area (TPSA) is 101 Å². The van der Waals surface area contributed by atoms with Gasteiger partial charge in [-0.2, -0.15) is 0 Å². The molecule has 0 fully saturated rings. The normalized spacial score (nSPS) is 12.1. The van der Waals surface area contributed by atoms with Crippen LogP contribution in [0.1, 0.15) is 41.6 Å². The molecule has 1 aromatic carbocycles. The standard InChI is InChI=1S/C19H18ClN3O4S/c1-4-14-22-17-15(12(8-28-17)19(26)27)18(25)23(14)10(3)16(24)21-11-6-5-9(2)13(20)7-11/h5-8,10H,4H2,1-3H3,(H,21,24)(H,26,27). The molecular weight excluding hydrogens is 402 g/mol. The summed E-state index contributed by atoms with van der Waals surface area (Å²) in [5.41, 5.74) is 0.747. The largest absolute Gasteiger partial charge is 0.478 e. The molecule has 2 aromatic heterocycles. The maximum atomic E-state index is 13.1. The summed E-state index contributed by atoms with van der Waals surface area (Å²) in [6, 6.07) is 4.25. The molecule has 0 saturated carbocycles. The van der Waals surface area contributed by atoms with Gasteiger partial charge in [-0.25, -0.2) is 9.78 Å². The highest BCUT2D eigenvalue weighted by atomic mass is 35.5. The monoisotopic (exact) mass is 419 g/mol. The highest BCUT2D eigenvalue weighted by Gasteiger charge is 2.24. The van der Waals surface area contributed by atoms with Crippen LogP contribution in [0, 0.1) is 6.92 Å². The van der Waals surface area contributed by atoms with Crippen molar-refractivity contribution < 1.29 is 14.7 Å². The van der Waals surface area contributed by atoms with E-state index in [0.29, 0.717) is 27.8 Å². The predicted molar refractivity (Wildman–Crippen MR) is 110 cm³/mol. The number of amides is 1. The molecule has 0 aliphatic carbocycles. The van der Waals surface area contributed by atoms with E-state index in [1.165, 1.54) is 9.95 Å². The molecule has 7 nitrogen and oxygen atoms in total. The molecule has 1 atom stereocenters. The molecule has 0 aliphatic heterocycles. The summed E-state index contributed by atoms with van der Waals surface area (Å²) < 4.78 is 1.26. The van der Waals surface area contributed by atoms with E-state index in [4.69, 9.17) is 11.6 Å². The SMILES string of the molecule is CCc1nc2scc(C(=O)O)c2c(=O)n1C(C)C(=O)Nc1ccc(C)c(Cl)c1. The number of hydrogen-bond acceptors (Lipinski definition) is 5. The Labute approximate surface area is 169 Å². The number of aromatic nitrogens is 2. The molecule has 3 aromatic rings. The number of carboxylic acids is 1. The van der Waals surface area contributed by atoms with Gasteiger partial charge in [-0.1, -0.05) is 24.6 Å². The van der Waals surface area contributed by atoms with E-state index in [1.807, 2.05) is 13.8 Å². The number of nitrogens with zero attached hydrogens (tertiary/aromatic N) is 2. The van der Waals surface area contributed by atoms with Crippen molar-refractivity contribution in [1.29, 1.82) is 0 Å². The van der Waals surface area contributed by atoms with Gasteiger partial charge >= 0.3 is 5.97 Å². The number of rotatable bonds is 5. The number of fused-ring (bicyclic) bond motifs is 1. The number of carbonyl (C=O) groups excluding carboxylic acids is 1. The summed E-state index contributed by atoms with van der Waals surface area (Å²) in [5.74, 6) is -1.21. The molecular formula is C19H18ClN3O4S. The first-order valence-electron chi connectivity index (χ1n) is 8.57. The third-order valence-corrected chi connectivity index (χ3v) is 5.75. The second-order valence-corrected chi connectivity index (χ2v) is 7.59. The number of halogens is 1. The molecule has 1 amide bonds. The van der Waals surface area contributed by atoms with Gasteiger partial charge in [-0.3, -0.25) is 14.2 Å². The second-order valence-electron chi connectivity index (χ2n) is 6.32. The first-order chi connectivity index (χ1) is 13.2. The summed E-state index contributed by atoms with van der Waals surface area (Å²) in [6.45, 7) is 5.25. The zero-order valence-corrected chi connectivity index (χ0v) is 17.0. The molecule has 28 heavy (non-hydrogen) atoms. The minimum absolute atomic E-state index is 0.0210. The van der Waals surface area contributed by atoms with Gasteiger partial charge in [0.05, 0.1) is 10.9 Å². The molecule has 2 N–H and O–H groups in total. The van der Waals surface area contributed by atoms with Crippen LogP contribution in [0.15, 0.2) is 28.4 Å². The maximum absolute atomic E-state index is 13.1. The van der Waals surface area contributed by atoms with Crippen molar-refractivity contribution in [3.63, 3.8) is 0 Å². The number of benzene rings is 1. The van der Waals surface area contributed by atoms with Crippen molar-refractivity contribution in [3.05, 3.63) is 55.9 Å². The van der Waals surface area contributed by atoms with Gasteiger partial charge in [-0.05, 0) is 31.5 Å². The van der Waals surface area contributed by atoms with Crippen molar-refractivity contribution in [2.75, 3.05) is 5.32 Å². The van der Waals surface area contributed by atoms with Crippen LogP contribution < -0.4 is 10.9 Å². The van der Waals surface area contributed by atoms with Crippen molar-refractivity contribution in [2.45, 2.75) is 33.2 Å². The Kier molecular flexibility index (Phi) is 5.53. The average molecular weight is 420 g/mol. The van der Waals surface area contributed by atoms with E-state index in [9.17, 15) is 19.5 Å². The minimum Gasteiger partial charge on any atom is -0.478 e. The number of aryl methyl sites for hydroxylation is 2. The van der Waals surface area contributed by atoms with E-state index in [0.717, 1.165) is 16.9 Å². The van der Waals surface area contributed by atoms with Gasteiger partial charge in [0.25, 0.3) is 5.56 Å². The van der Waals surface area contributed by atoms with Crippen molar-refractivity contribution in [1.82, 2.24) is 9.55 Å². The molecule has 0 saturated heterocycles. The lowest BCUT2D eigenvalue weighted by molar-refractivity contribution is -0.118.